The first-order chi connectivity index (χ1) is 13.6. The van der Waals surface area contributed by atoms with E-state index < -0.39 is 0 Å². The molecule has 4 rings (SSSR count). The largest absolute Gasteiger partial charge is 0.367 e. The van der Waals surface area contributed by atoms with Gasteiger partial charge in [0.1, 0.15) is 0 Å². The van der Waals surface area contributed by atoms with Gasteiger partial charge < -0.3 is 10.2 Å². The highest BCUT2D eigenvalue weighted by Crippen LogP contribution is 2.28. The summed E-state index contributed by atoms with van der Waals surface area (Å²) in [7, 11) is 0. The molecule has 1 amide bonds. The second-order valence-electron chi connectivity index (χ2n) is 7.60. The van der Waals surface area contributed by atoms with Crippen LogP contribution in [0.25, 0.3) is 0 Å². The van der Waals surface area contributed by atoms with Crippen molar-refractivity contribution in [3.63, 3.8) is 0 Å². The quantitative estimate of drug-likeness (QED) is 0.682. The van der Waals surface area contributed by atoms with E-state index in [1.165, 1.54) is 22.4 Å². The molecule has 3 nitrogen and oxygen atoms in total. The Morgan fingerprint density at radius 2 is 1.71 bits per heavy atom. The smallest absolute Gasteiger partial charge is 0.251 e. The van der Waals surface area contributed by atoms with E-state index in [-0.39, 0.29) is 11.9 Å². The van der Waals surface area contributed by atoms with Crippen LogP contribution in [0.2, 0.25) is 0 Å². The lowest BCUT2D eigenvalue weighted by Crippen LogP contribution is -2.26. The van der Waals surface area contributed by atoms with Gasteiger partial charge in [-0.15, -0.1) is 0 Å². The first-order valence-electron chi connectivity index (χ1n) is 9.89. The lowest BCUT2D eigenvalue weighted by atomic mass is 10.1. The van der Waals surface area contributed by atoms with Gasteiger partial charge in [0.2, 0.25) is 0 Å². The van der Waals surface area contributed by atoms with E-state index in [1.54, 1.807) is 0 Å². The van der Waals surface area contributed by atoms with Crippen LogP contribution in [0.4, 0.5) is 5.69 Å². The summed E-state index contributed by atoms with van der Waals surface area (Å²) in [5.41, 5.74) is 7.01. The summed E-state index contributed by atoms with van der Waals surface area (Å²) in [5.74, 6) is -0.0360. The summed E-state index contributed by atoms with van der Waals surface area (Å²) in [6.45, 7) is 6.01. The average molecular weight is 370 g/mol. The lowest BCUT2D eigenvalue weighted by Gasteiger charge is -2.19. The first kappa shape index (κ1) is 18.3. The molecule has 28 heavy (non-hydrogen) atoms. The lowest BCUT2D eigenvalue weighted by molar-refractivity contribution is 0.0940. The third kappa shape index (κ3) is 3.94. The molecule has 3 aromatic rings. The number of nitrogens with one attached hydrogen (secondary N) is 1. The Morgan fingerprint density at radius 1 is 1.00 bits per heavy atom. The fourth-order valence-electron chi connectivity index (χ4n) is 3.77. The zero-order valence-electron chi connectivity index (χ0n) is 16.5. The number of aryl methyl sites for hydroxylation is 1. The molecule has 0 aromatic heterocycles. The van der Waals surface area contributed by atoms with Crippen molar-refractivity contribution in [2.24, 2.45) is 0 Å². The van der Waals surface area contributed by atoms with E-state index >= 15 is 0 Å². The minimum absolute atomic E-state index is 0.0196. The highest BCUT2D eigenvalue weighted by atomic mass is 16.1. The number of amides is 1. The highest BCUT2D eigenvalue weighted by Gasteiger charge is 2.18. The van der Waals surface area contributed by atoms with Gasteiger partial charge in [0, 0.05) is 24.3 Å². The van der Waals surface area contributed by atoms with E-state index in [4.69, 9.17) is 0 Å². The van der Waals surface area contributed by atoms with E-state index in [9.17, 15) is 4.79 Å². The van der Waals surface area contributed by atoms with E-state index in [1.807, 2.05) is 19.1 Å². The highest BCUT2D eigenvalue weighted by molar-refractivity contribution is 5.94. The van der Waals surface area contributed by atoms with Gasteiger partial charge in [0.25, 0.3) is 5.91 Å². The molecule has 1 atom stereocenters. The molecule has 0 saturated heterocycles. The Morgan fingerprint density at radius 3 is 2.46 bits per heavy atom. The van der Waals surface area contributed by atoms with Crippen molar-refractivity contribution in [1.29, 1.82) is 0 Å². The minimum atomic E-state index is -0.0360. The van der Waals surface area contributed by atoms with Gasteiger partial charge in [0.15, 0.2) is 0 Å². The van der Waals surface area contributed by atoms with Gasteiger partial charge >= 0.3 is 0 Å². The van der Waals surface area contributed by atoms with E-state index in [2.05, 4.69) is 77.8 Å². The molecule has 0 radical (unpaired) electrons. The maximum Gasteiger partial charge on any atom is 0.251 e. The van der Waals surface area contributed by atoms with Crippen molar-refractivity contribution >= 4 is 11.6 Å². The fourth-order valence-corrected chi connectivity index (χ4v) is 3.77. The number of nitrogens with zero attached hydrogens (tertiary/aromatic N) is 1. The Bertz CT molecular complexity index is 961. The molecule has 3 aromatic carbocycles. The summed E-state index contributed by atoms with van der Waals surface area (Å²) in [4.78, 5) is 15.0. The molecule has 1 aliphatic rings. The van der Waals surface area contributed by atoms with Crippen LogP contribution in [0.3, 0.4) is 0 Å². The number of para-hydroxylation sites is 1. The fraction of sp³-hybridized carbons (Fsp3) is 0.240. The Kier molecular flexibility index (Phi) is 5.16. The number of rotatable bonds is 5. The molecule has 3 heteroatoms. The third-order valence-corrected chi connectivity index (χ3v) is 5.50. The Balaban J connectivity index is 1.39. The Hall–Kier alpha value is -3.07. The van der Waals surface area contributed by atoms with E-state index in [0.29, 0.717) is 5.56 Å². The molecule has 0 saturated carbocycles. The maximum atomic E-state index is 12.6. The standard InChI is InChI=1S/C25H26N2O/c1-18-7-11-21(12-8-18)19(2)26-25(28)23-13-9-20(10-14-23)17-27-16-15-22-5-3-4-6-24(22)27/h3-14,19H,15-17H2,1-2H3,(H,26,28)/t19-/m0/s1. The normalized spacial score (nSPS) is 13.9. The molecular weight excluding hydrogens is 344 g/mol. The topological polar surface area (TPSA) is 32.3 Å². The summed E-state index contributed by atoms with van der Waals surface area (Å²) < 4.78 is 0. The monoisotopic (exact) mass is 370 g/mol. The van der Waals surface area contributed by atoms with Crippen molar-refractivity contribution in [2.45, 2.75) is 32.9 Å². The first-order valence-corrected chi connectivity index (χ1v) is 9.89. The molecule has 0 bridgehead atoms. The molecule has 1 aliphatic heterocycles. The molecule has 0 aliphatic carbocycles. The van der Waals surface area contributed by atoms with Gasteiger partial charge in [-0.1, -0.05) is 60.2 Å². The number of anilines is 1. The van der Waals surface area contributed by atoms with Crippen LogP contribution in [0.15, 0.2) is 72.8 Å². The third-order valence-electron chi connectivity index (χ3n) is 5.50. The summed E-state index contributed by atoms with van der Waals surface area (Å²) in [6.07, 6.45) is 1.10. The summed E-state index contributed by atoms with van der Waals surface area (Å²) >= 11 is 0. The van der Waals surface area contributed by atoms with Crippen molar-refractivity contribution < 1.29 is 4.79 Å². The number of hydrogen-bond donors (Lipinski definition) is 1. The van der Waals surface area contributed by atoms with Crippen LogP contribution in [0.1, 0.15) is 45.6 Å². The van der Waals surface area contributed by atoms with Crippen molar-refractivity contribution in [3.8, 4) is 0 Å². The Labute approximate surface area is 167 Å². The number of benzene rings is 3. The predicted molar refractivity (Wildman–Crippen MR) is 115 cm³/mol. The zero-order valence-corrected chi connectivity index (χ0v) is 16.5. The summed E-state index contributed by atoms with van der Waals surface area (Å²) in [5, 5.41) is 3.09. The second kappa shape index (κ2) is 7.89. The van der Waals surface area contributed by atoms with Crippen molar-refractivity contribution in [3.05, 3.63) is 101 Å². The molecular formula is C25H26N2O. The van der Waals surface area contributed by atoms with Crippen LogP contribution in [0.5, 0.6) is 0 Å². The molecule has 0 fully saturated rings. The van der Waals surface area contributed by atoms with Crippen LogP contribution >= 0.6 is 0 Å². The molecule has 0 unspecified atom stereocenters. The van der Waals surface area contributed by atoms with Crippen LogP contribution in [-0.4, -0.2) is 12.5 Å². The molecule has 142 valence electrons. The minimum Gasteiger partial charge on any atom is -0.367 e. The van der Waals surface area contributed by atoms with E-state index in [0.717, 1.165) is 25.1 Å². The van der Waals surface area contributed by atoms with Crippen molar-refractivity contribution in [2.75, 3.05) is 11.4 Å². The number of carbonyl (C=O) groups is 1. The van der Waals surface area contributed by atoms with Gasteiger partial charge in [-0.25, -0.2) is 0 Å². The van der Waals surface area contributed by atoms with Crippen LogP contribution in [-0.2, 0) is 13.0 Å². The number of hydrogen-bond acceptors (Lipinski definition) is 2. The SMILES string of the molecule is Cc1ccc([C@H](C)NC(=O)c2ccc(CN3CCc4ccccc43)cc2)cc1. The average Bonchev–Trinajstić information content (AvgIpc) is 3.12. The van der Waals surface area contributed by atoms with Gasteiger partial charge in [0.05, 0.1) is 6.04 Å². The predicted octanol–water partition coefficient (Wildman–Crippen LogP) is 5.05. The van der Waals surface area contributed by atoms with Crippen LogP contribution < -0.4 is 10.2 Å². The molecule has 1 N–H and O–H groups in total. The number of fused-ring (bicyclic) bond motifs is 1. The number of carbonyl (C=O) groups excluding carboxylic acids is 1. The summed E-state index contributed by atoms with van der Waals surface area (Å²) in [6, 6.07) is 24.8. The van der Waals surface area contributed by atoms with Crippen LogP contribution in [0, 0.1) is 6.92 Å². The zero-order chi connectivity index (χ0) is 19.5. The maximum absolute atomic E-state index is 12.6. The van der Waals surface area contributed by atoms with Crippen molar-refractivity contribution in [1.82, 2.24) is 5.32 Å². The molecule has 0 spiro atoms. The van der Waals surface area contributed by atoms with Gasteiger partial charge in [-0.05, 0) is 55.2 Å². The van der Waals surface area contributed by atoms with Gasteiger partial charge in [-0.2, -0.15) is 0 Å². The molecule has 1 heterocycles. The van der Waals surface area contributed by atoms with Gasteiger partial charge in [-0.3, -0.25) is 4.79 Å². The second-order valence-corrected chi connectivity index (χ2v) is 7.60.